The smallest absolute Gasteiger partial charge is 0.240 e. The SMILES string of the molecule is Nc1nc(Cl)nc2c1ncn2[C@@]1(F)CO[C@H](CO)[C@H]1O. The number of aliphatic hydroxyl groups excluding tert-OH is 2. The highest BCUT2D eigenvalue weighted by Crippen LogP contribution is 2.36. The lowest BCUT2D eigenvalue weighted by Crippen LogP contribution is -2.43. The Morgan fingerprint density at radius 3 is 3.00 bits per heavy atom. The van der Waals surface area contributed by atoms with E-state index in [0.29, 0.717) is 0 Å². The number of nitrogens with zero attached hydrogens (tertiary/aromatic N) is 4. The van der Waals surface area contributed by atoms with Crippen LogP contribution in [-0.4, -0.2) is 55.2 Å². The second-order valence-electron chi connectivity index (χ2n) is 4.46. The van der Waals surface area contributed by atoms with Gasteiger partial charge in [0.2, 0.25) is 11.1 Å². The maximum Gasteiger partial charge on any atom is 0.240 e. The van der Waals surface area contributed by atoms with Gasteiger partial charge in [0, 0.05) is 0 Å². The van der Waals surface area contributed by atoms with Crippen LogP contribution in [0.15, 0.2) is 6.33 Å². The average molecular weight is 304 g/mol. The second-order valence-corrected chi connectivity index (χ2v) is 4.80. The van der Waals surface area contributed by atoms with Gasteiger partial charge in [-0.25, -0.2) is 9.37 Å². The molecule has 0 radical (unpaired) electrons. The number of hydrogen-bond donors (Lipinski definition) is 3. The Morgan fingerprint density at radius 1 is 1.60 bits per heavy atom. The van der Waals surface area contributed by atoms with E-state index in [9.17, 15) is 9.50 Å². The summed E-state index contributed by atoms with van der Waals surface area (Å²) < 4.78 is 21.0. The molecule has 108 valence electrons. The van der Waals surface area contributed by atoms with Crippen molar-refractivity contribution in [2.24, 2.45) is 0 Å². The summed E-state index contributed by atoms with van der Waals surface area (Å²) in [6, 6.07) is 0. The zero-order valence-electron chi connectivity index (χ0n) is 10.1. The first-order valence-electron chi connectivity index (χ1n) is 5.73. The number of aliphatic hydroxyl groups is 2. The third-order valence-electron chi connectivity index (χ3n) is 3.28. The Hall–Kier alpha value is -1.55. The fourth-order valence-electron chi connectivity index (χ4n) is 2.22. The lowest BCUT2D eigenvalue weighted by atomic mass is 10.1. The Balaban J connectivity index is 2.15. The normalized spacial score (nSPS) is 30.2. The molecule has 2 aromatic rings. The summed E-state index contributed by atoms with van der Waals surface area (Å²) in [5, 5.41) is 18.8. The molecule has 0 aromatic carbocycles. The molecule has 0 amide bonds. The van der Waals surface area contributed by atoms with E-state index in [1.54, 1.807) is 0 Å². The van der Waals surface area contributed by atoms with Crippen molar-refractivity contribution in [1.82, 2.24) is 19.5 Å². The lowest BCUT2D eigenvalue weighted by Gasteiger charge is -2.24. The van der Waals surface area contributed by atoms with E-state index in [1.807, 2.05) is 0 Å². The number of aromatic nitrogens is 4. The maximum absolute atomic E-state index is 15.0. The van der Waals surface area contributed by atoms with Crippen LogP contribution >= 0.6 is 11.6 Å². The molecule has 10 heteroatoms. The second kappa shape index (κ2) is 4.48. The van der Waals surface area contributed by atoms with Crippen molar-refractivity contribution in [2.45, 2.75) is 18.0 Å². The fourth-order valence-corrected chi connectivity index (χ4v) is 2.39. The summed E-state index contributed by atoms with van der Waals surface area (Å²) in [4.78, 5) is 11.5. The fraction of sp³-hybridized carbons (Fsp3) is 0.500. The number of hydrogen-bond acceptors (Lipinski definition) is 7. The molecule has 8 nitrogen and oxygen atoms in total. The first-order chi connectivity index (χ1) is 9.47. The number of rotatable bonds is 2. The third-order valence-corrected chi connectivity index (χ3v) is 3.45. The van der Waals surface area contributed by atoms with Crippen LogP contribution in [0.4, 0.5) is 10.2 Å². The van der Waals surface area contributed by atoms with Crippen molar-refractivity contribution in [3.8, 4) is 0 Å². The van der Waals surface area contributed by atoms with Crippen LogP contribution in [0.1, 0.15) is 0 Å². The van der Waals surface area contributed by atoms with E-state index in [0.717, 1.165) is 10.9 Å². The Bertz CT molecular complexity index is 668. The van der Waals surface area contributed by atoms with E-state index in [-0.39, 0.29) is 22.3 Å². The molecule has 0 aliphatic carbocycles. The number of anilines is 1. The monoisotopic (exact) mass is 303 g/mol. The van der Waals surface area contributed by atoms with Gasteiger partial charge in [0.1, 0.15) is 24.3 Å². The molecule has 20 heavy (non-hydrogen) atoms. The third kappa shape index (κ3) is 1.74. The van der Waals surface area contributed by atoms with Gasteiger partial charge in [0.25, 0.3) is 0 Å². The largest absolute Gasteiger partial charge is 0.394 e. The van der Waals surface area contributed by atoms with Crippen LogP contribution < -0.4 is 5.73 Å². The van der Waals surface area contributed by atoms with Crippen LogP contribution in [-0.2, 0) is 10.5 Å². The lowest BCUT2D eigenvalue weighted by molar-refractivity contribution is -0.0462. The molecule has 1 saturated heterocycles. The summed E-state index contributed by atoms with van der Waals surface area (Å²) in [6.07, 6.45) is -1.45. The van der Waals surface area contributed by atoms with Crippen LogP contribution in [0.5, 0.6) is 0 Å². The van der Waals surface area contributed by atoms with Gasteiger partial charge in [-0.05, 0) is 11.6 Å². The zero-order valence-corrected chi connectivity index (χ0v) is 10.8. The quantitative estimate of drug-likeness (QED) is 0.636. The molecule has 3 atom stereocenters. The number of halogens is 2. The van der Waals surface area contributed by atoms with Crippen molar-refractivity contribution >= 4 is 28.6 Å². The van der Waals surface area contributed by atoms with E-state index in [1.165, 1.54) is 0 Å². The van der Waals surface area contributed by atoms with Crippen molar-refractivity contribution in [3.63, 3.8) is 0 Å². The molecule has 1 fully saturated rings. The number of alkyl halides is 1. The van der Waals surface area contributed by atoms with E-state index >= 15 is 0 Å². The number of ether oxygens (including phenoxy) is 1. The Morgan fingerprint density at radius 2 is 2.35 bits per heavy atom. The summed E-state index contributed by atoms with van der Waals surface area (Å²) in [6.45, 7) is -0.955. The van der Waals surface area contributed by atoms with Crippen molar-refractivity contribution in [2.75, 3.05) is 18.9 Å². The molecule has 3 heterocycles. The minimum absolute atomic E-state index is 0.00876. The van der Waals surface area contributed by atoms with E-state index in [2.05, 4.69) is 15.0 Å². The van der Waals surface area contributed by atoms with Crippen LogP contribution in [0.25, 0.3) is 11.2 Å². The highest BCUT2D eigenvalue weighted by molar-refractivity contribution is 6.28. The molecule has 0 bridgehead atoms. The topological polar surface area (TPSA) is 119 Å². The van der Waals surface area contributed by atoms with Crippen LogP contribution in [0, 0.1) is 0 Å². The summed E-state index contributed by atoms with van der Waals surface area (Å²) in [7, 11) is 0. The molecule has 3 rings (SSSR count). The molecule has 1 aliphatic rings. The first-order valence-corrected chi connectivity index (χ1v) is 6.11. The predicted octanol–water partition coefficient (Wildman–Crippen LogP) is -0.564. The van der Waals surface area contributed by atoms with Gasteiger partial charge in [0.05, 0.1) is 12.9 Å². The molecule has 0 spiro atoms. The molecule has 2 aromatic heterocycles. The van der Waals surface area contributed by atoms with Gasteiger partial charge in [0.15, 0.2) is 11.5 Å². The summed E-state index contributed by atoms with van der Waals surface area (Å²) >= 11 is 5.70. The van der Waals surface area contributed by atoms with Crippen molar-refractivity contribution < 1.29 is 19.3 Å². The standard InChI is InChI=1S/C10H11ClFN5O3/c11-9-15-7(13)5-8(16-9)17(3-14-5)10(12)2-20-4(1-18)6(10)19/h3-4,6,18-19H,1-2H2,(H2,13,15,16)/t4-,6-,10+/m1/s1. The first kappa shape index (κ1) is 13.4. The minimum atomic E-state index is -2.31. The number of imidazole rings is 1. The van der Waals surface area contributed by atoms with E-state index < -0.39 is 31.2 Å². The number of nitrogens with two attached hydrogens (primary N) is 1. The van der Waals surface area contributed by atoms with Gasteiger partial charge in [-0.1, -0.05) is 0 Å². The Labute approximate surface area is 117 Å². The van der Waals surface area contributed by atoms with Crippen LogP contribution in [0.2, 0.25) is 5.28 Å². The average Bonchev–Trinajstić information content (AvgIpc) is 2.94. The molecular weight excluding hydrogens is 293 g/mol. The molecule has 1 aliphatic heterocycles. The number of fused-ring (bicyclic) bond motifs is 1. The molecular formula is C10H11ClFN5O3. The van der Waals surface area contributed by atoms with Gasteiger partial charge >= 0.3 is 0 Å². The van der Waals surface area contributed by atoms with Gasteiger partial charge in [-0.15, -0.1) is 0 Å². The van der Waals surface area contributed by atoms with Crippen molar-refractivity contribution in [1.29, 1.82) is 0 Å². The van der Waals surface area contributed by atoms with Crippen molar-refractivity contribution in [3.05, 3.63) is 11.6 Å². The van der Waals surface area contributed by atoms with Gasteiger partial charge in [-0.3, -0.25) is 4.57 Å². The Kier molecular flexibility index (Phi) is 3.01. The maximum atomic E-state index is 15.0. The zero-order chi connectivity index (χ0) is 14.5. The molecule has 4 N–H and O–H groups in total. The highest BCUT2D eigenvalue weighted by Gasteiger charge is 2.52. The molecule has 0 unspecified atom stereocenters. The van der Waals surface area contributed by atoms with E-state index in [4.69, 9.17) is 27.2 Å². The highest BCUT2D eigenvalue weighted by atomic mass is 35.5. The van der Waals surface area contributed by atoms with Crippen LogP contribution in [0.3, 0.4) is 0 Å². The van der Waals surface area contributed by atoms with Gasteiger partial charge in [-0.2, -0.15) is 9.97 Å². The molecule has 0 saturated carbocycles. The summed E-state index contributed by atoms with van der Waals surface area (Å²) in [5.74, 6) is -2.30. The number of nitrogen functional groups attached to an aromatic ring is 1. The summed E-state index contributed by atoms with van der Waals surface area (Å²) in [5.41, 5.74) is 5.85. The van der Waals surface area contributed by atoms with Gasteiger partial charge < -0.3 is 20.7 Å². The minimum Gasteiger partial charge on any atom is -0.394 e. The predicted molar refractivity (Wildman–Crippen MR) is 66.7 cm³/mol.